The highest BCUT2D eigenvalue weighted by atomic mass is 35.5. The summed E-state index contributed by atoms with van der Waals surface area (Å²) in [5.41, 5.74) is 1.83. The van der Waals surface area contributed by atoms with Crippen LogP contribution in [-0.4, -0.2) is 41.5 Å². The Morgan fingerprint density at radius 2 is 1.92 bits per heavy atom. The molecule has 0 radical (unpaired) electrons. The first kappa shape index (κ1) is 26.1. The molecule has 0 saturated carbocycles. The van der Waals surface area contributed by atoms with Crippen molar-refractivity contribution in [2.24, 2.45) is 0 Å². The SMILES string of the molecule is C=CCOc1ccc(C(O)=C2C(=O)C(=O)N(c3nc(C)c(C(=O)OC)s3)[C@@H]2c2ccc(Cl)cc2)cc1C. The summed E-state index contributed by atoms with van der Waals surface area (Å²) < 4.78 is 10.4. The van der Waals surface area contributed by atoms with Gasteiger partial charge in [-0.15, -0.1) is 0 Å². The summed E-state index contributed by atoms with van der Waals surface area (Å²) in [7, 11) is 1.25. The highest BCUT2D eigenvalue weighted by Crippen LogP contribution is 2.44. The van der Waals surface area contributed by atoms with Gasteiger partial charge in [-0.05, 0) is 55.3 Å². The minimum Gasteiger partial charge on any atom is -0.507 e. The number of benzene rings is 2. The van der Waals surface area contributed by atoms with Gasteiger partial charge in [0.2, 0.25) is 0 Å². The zero-order valence-electron chi connectivity index (χ0n) is 20.3. The van der Waals surface area contributed by atoms with Crippen LogP contribution in [0.5, 0.6) is 5.75 Å². The topological polar surface area (TPSA) is 106 Å². The fourth-order valence-electron chi connectivity index (χ4n) is 4.02. The predicted molar refractivity (Wildman–Crippen MR) is 141 cm³/mol. The van der Waals surface area contributed by atoms with Crippen LogP contribution in [0.15, 0.2) is 60.7 Å². The largest absolute Gasteiger partial charge is 0.507 e. The van der Waals surface area contributed by atoms with Gasteiger partial charge in [0.05, 0.1) is 24.4 Å². The number of hydrogen-bond donors (Lipinski definition) is 1. The Kier molecular flexibility index (Phi) is 7.47. The molecule has 3 aromatic rings. The molecule has 1 aliphatic heterocycles. The highest BCUT2D eigenvalue weighted by Gasteiger charge is 2.48. The number of aromatic nitrogens is 1. The number of rotatable bonds is 7. The quantitative estimate of drug-likeness (QED) is 0.141. The van der Waals surface area contributed by atoms with Gasteiger partial charge in [0.1, 0.15) is 23.0 Å². The van der Waals surface area contributed by atoms with Crippen LogP contribution >= 0.6 is 22.9 Å². The number of carbonyl (C=O) groups is 3. The van der Waals surface area contributed by atoms with Crippen LogP contribution < -0.4 is 9.64 Å². The van der Waals surface area contributed by atoms with E-state index in [2.05, 4.69) is 11.6 Å². The van der Waals surface area contributed by atoms with E-state index in [0.29, 0.717) is 34.2 Å². The van der Waals surface area contributed by atoms with Crippen molar-refractivity contribution in [2.45, 2.75) is 19.9 Å². The molecule has 1 atom stereocenters. The van der Waals surface area contributed by atoms with Crippen molar-refractivity contribution in [1.82, 2.24) is 4.98 Å². The summed E-state index contributed by atoms with van der Waals surface area (Å²) in [6.45, 7) is 7.36. The van der Waals surface area contributed by atoms with Crippen molar-refractivity contribution in [3.63, 3.8) is 0 Å². The van der Waals surface area contributed by atoms with Gasteiger partial charge < -0.3 is 14.6 Å². The normalized spacial score (nSPS) is 16.6. The average Bonchev–Trinajstić information content (AvgIpc) is 3.39. The molecule has 4 rings (SSSR count). The van der Waals surface area contributed by atoms with E-state index in [9.17, 15) is 19.5 Å². The van der Waals surface area contributed by atoms with Crippen LogP contribution in [-0.2, 0) is 14.3 Å². The van der Waals surface area contributed by atoms with E-state index in [4.69, 9.17) is 21.1 Å². The lowest BCUT2D eigenvalue weighted by Gasteiger charge is -2.23. The summed E-state index contributed by atoms with van der Waals surface area (Å²) in [4.78, 5) is 44.6. The molecule has 1 fully saturated rings. The van der Waals surface area contributed by atoms with Crippen LogP contribution in [0.2, 0.25) is 5.02 Å². The molecule has 1 aromatic heterocycles. The summed E-state index contributed by atoms with van der Waals surface area (Å²) in [5.74, 6) is -2.11. The minimum absolute atomic E-state index is 0.112. The molecule has 8 nitrogen and oxygen atoms in total. The average molecular weight is 539 g/mol. The summed E-state index contributed by atoms with van der Waals surface area (Å²) in [5, 5.41) is 11.9. The molecule has 2 aromatic carbocycles. The van der Waals surface area contributed by atoms with E-state index in [0.717, 1.165) is 16.9 Å². The first-order valence-corrected chi connectivity index (χ1v) is 12.3. The number of Topliss-reactive ketones (excluding diaryl/α,β-unsaturated/α-hetero) is 1. The number of nitrogens with zero attached hydrogens (tertiary/aromatic N) is 2. The Balaban J connectivity index is 1.89. The Morgan fingerprint density at radius 3 is 2.54 bits per heavy atom. The number of carbonyl (C=O) groups excluding carboxylic acids is 3. The van der Waals surface area contributed by atoms with Gasteiger partial charge in [0, 0.05) is 10.6 Å². The molecule has 2 heterocycles. The van der Waals surface area contributed by atoms with Crippen LogP contribution in [0.4, 0.5) is 5.13 Å². The second-order valence-electron chi connectivity index (χ2n) is 8.20. The Bertz CT molecular complexity index is 1440. The molecule has 0 unspecified atom stereocenters. The van der Waals surface area contributed by atoms with Crippen molar-refractivity contribution in [1.29, 1.82) is 0 Å². The maximum Gasteiger partial charge on any atom is 0.350 e. The number of aliphatic hydroxyl groups is 1. The number of halogens is 1. The zero-order chi connectivity index (χ0) is 26.9. The van der Waals surface area contributed by atoms with Crippen LogP contribution in [0, 0.1) is 13.8 Å². The zero-order valence-corrected chi connectivity index (χ0v) is 21.9. The van der Waals surface area contributed by atoms with Crippen LogP contribution in [0.3, 0.4) is 0 Å². The smallest absolute Gasteiger partial charge is 0.350 e. The number of amides is 1. The Hall–Kier alpha value is -3.95. The summed E-state index contributed by atoms with van der Waals surface area (Å²) in [6.07, 6.45) is 1.62. The molecule has 190 valence electrons. The van der Waals surface area contributed by atoms with Crippen molar-refractivity contribution in [3.8, 4) is 5.75 Å². The number of ether oxygens (including phenoxy) is 2. The van der Waals surface area contributed by atoms with Crippen molar-refractivity contribution in [3.05, 3.63) is 93.0 Å². The molecule has 0 aliphatic carbocycles. The van der Waals surface area contributed by atoms with Gasteiger partial charge in [-0.25, -0.2) is 9.78 Å². The molecule has 1 amide bonds. The Morgan fingerprint density at radius 1 is 1.22 bits per heavy atom. The lowest BCUT2D eigenvalue weighted by Crippen LogP contribution is -2.29. The van der Waals surface area contributed by atoms with E-state index in [1.54, 1.807) is 62.4 Å². The number of anilines is 1. The number of ketones is 1. The second-order valence-corrected chi connectivity index (χ2v) is 9.62. The lowest BCUT2D eigenvalue weighted by atomic mass is 9.95. The standard InChI is InChI=1S/C27H23ClN2O6S/c1-5-12-36-19-11-8-17(13-14(19)2)22(31)20-21(16-6-9-18(28)10-7-16)30(25(33)23(20)32)27-29-15(3)24(37-27)26(34)35-4/h5-11,13,21,31H,1,12H2,2-4H3/t21-/m1/s1. The van der Waals surface area contributed by atoms with Gasteiger partial charge >= 0.3 is 11.9 Å². The van der Waals surface area contributed by atoms with Gasteiger partial charge in [0.15, 0.2) is 5.13 Å². The molecule has 10 heteroatoms. The molecule has 1 aliphatic rings. The second kappa shape index (κ2) is 10.6. The Labute approximate surface area is 222 Å². The fourth-order valence-corrected chi connectivity index (χ4v) is 5.16. The van der Waals surface area contributed by atoms with Crippen molar-refractivity contribution < 1.29 is 29.0 Å². The van der Waals surface area contributed by atoms with E-state index >= 15 is 0 Å². The van der Waals surface area contributed by atoms with Crippen LogP contribution in [0.25, 0.3) is 5.76 Å². The third kappa shape index (κ3) is 4.87. The summed E-state index contributed by atoms with van der Waals surface area (Å²) in [6, 6.07) is 10.5. The maximum absolute atomic E-state index is 13.3. The highest BCUT2D eigenvalue weighted by molar-refractivity contribution is 7.17. The lowest BCUT2D eigenvalue weighted by molar-refractivity contribution is -0.132. The van der Waals surface area contributed by atoms with Crippen molar-refractivity contribution >= 4 is 51.5 Å². The molecule has 0 spiro atoms. The predicted octanol–water partition coefficient (Wildman–Crippen LogP) is 5.39. The third-order valence-corrected chi connectivity index (χ3v) is 7.19. The number of methoxy groups -OCH3 is 1. The van der Waals surface area contributed by atoms with E-state index in [-0.39, 0.29) is 21.3 Å². The molecule has 37 heavy (non-hydrogen) atoms. The number of thiazole rings is 1. The van der Waals surface area contributed by atoms with E-state index in [1.165, 1.54) is 12.0 Å². The number of hydrogen-bond acceptors (Lipinski definition) is 8. The van der Waals surface area contributed by atoms with Crippen LogP contribution in [0.1, 0.15) is 38.1 Å². The number of aryl methyl sites for hydroxylation is 2. The molecule has 1 saturated heterocycles. The molecular weight excluding hydrogens is 516 g/mol. The number of esters is 1. The van der Waals surface area contributed by atoms with Gasteiger partial charge in [-0.2, -0.15) is 0 Å². The fraction of sp³-hybridized carbons (Fsp3) is 0.185. The summed E-state index contributed by atoms with van der Waals surface area (Å²) >= 11 is 7.01. The van der Waals surface area contributed by atoms with E-state index in [1.807, 2.05) is 0 Å². The first-order chi connectivity index (χ1) is 17.7. The van der Waals surface area contributed by atoms with Gasteiger partial charge in [-0.1, -0.05) is 47.7 Å². The van der Waals surface area contributed by atoms with Gasteiger partial charge in [-0.3, -0.25) is 14.5 Å². The molecule has 0 bridgehead atoms. The maximum atomic E-state index is 13.3. The van der Waals surface area contributed by atoms with Gasteiger partial charge in [0.25, 0.3) is 5.78 Å². The molecular formula is C27H23ClN2O6S. The van der Waals surface area contributed by atoms with E-state index < -0.39 is 23.7 Å². The first-order valence-electron chi connectivity index (χ1n) is 11.1. The third-order valence-electron chi connectivity index (χ3n) is 5.80. The monoisotopic (exact) mass is 538 g/mol. The van der Waals surface area contributed by atoms with Crippen molar-refractivity contribution in [2.75, 3.05) is 18.6 Å². The minimum atomic E-state index is -1.01. The number of aliphatic hydroxyl groups excluding tert-OH is 1. The molecule has 1 N–H and O–H groups in total.